The molecule has 2 rings (SSSR count). The molecule has 20 heavy (non-hydrogen) atoms. The van der Waals surface area contributed by atoms with Crippen LogP contribution in [0.15, 0.2) is 24.3 Å². The van der Waals surface area contributed by atoms with Crippen molar-refractivity contribution in [3.8, 4) is 5.75 Å². The van der Waals surface area contributed by atoms with Crippen LogP contribution in [-0.4, -0.2) is 38.2 Å². The normalized spacial score (nSPS) is 15.9. The molecule has 114 valence electrons. The van der Waals surface area contributed by atoms with Crippen LogP contribution in [0.5, 0.6) is 5.75 Å². The first kappa shape index (κ1) is 17.3. The van der Waals surface area contributed by atoms with Crippen LogP contribution < -0.4 is 10.1 Å². The number of hydrogen-bond donors (Lipinski definition) is 1. The number of rotatable bonds is 6. The molecule has 0 spiro atoms. The molecule has 1 fully saturated rings. The van der Waals surface area contributed by atoms with Gasteiger partial charge >= 0.3 is 0 Å². The van der Waals surface area contributed by atoms with Crippen molar-refractivity contribution in [2.75, 3.05) is 33.3 Å². The summed E-state index contributed by atoms with van der Waals surface area (Å²) < 4.78 is 5.47. The highest BCUT2D eigenvalue weighted by Crippen LogP contribution is 2.16. The average molecular weight is 299 g/mol. The lowest BCUT2D eigenvalue weighted by molar-refractivity contribution is 0.234. The summed E-state index contributed by atoms with van der Waals surface area (Å²) in [6.45, 7) is 7.34. The summed E-state index contributed by atoms with van der Waals surface area (Å²) >= 11 is 0. The Morgan fingerprint density at radius 2 is 1.85 bits per heavy atom. The Morgan fingerprint density at radius 3 is 2.45 bits per heavy atom. The van der Waals surface area contributed by atoms with Crippen LogP contribution >= 0.6 is 12.4 Å². The number of nitrogens with zero attached hydrogens (tertiary/aromatic N) is 1. The summed E-state index contributed by atoms with van der Waals surface area (Å²) in [4.78, 5) is 2.44. The van der Waals surface area contributed by atoms with E-state index < -0.39 is 0 Å². The molecule has 1 heterocycles. The fourth-order valence-corrected chi connectivity index (χ4v) is 2.74. The van der Waals surface area contributed by atoms with Gasteiger partial charge in [0.1, 0.15) is 5.75 Å². The maximum atomic E-state index is 5.47. The van der Waals surface area contributed by atoms with Gasteiger partial charge in [-0.2, -0.15) is 0 Å². The molecule has 3 nitrogen and oxygen atoms in total. The first-order valence-electron chi connectivity index (χ1n) is 7.39. The van der Waals surface area contributed by atoms with Crippen molar-refractivity contribution in [2.45, 2.75) is 26.3 Å². The lowest BCUT2D eigenvalue weighted by atomic mass is 9.97. The monoisotopic (exact) mass is 298 g/mol. The lowest BCUT2D eigenvalue weighted by Gasteiger charge is -2.27. The summed E-state index contributed by atoms with van der Waals surface area (Å²) in [7, 11) is 2.22. The molecule has 0 atom stereocenters. The largest absolute Gasteiger partial charge is 0.494 e. The van der Waals surface area contributed by atoms with Gasteiger partial charge in [-0.3, -0.25) is 0 Å². The zero-order chi connectivity index (χ0) is 13.5. The number of halogens is 1. The number of piperidine rings is 1. The minimum Gasteiger partial charge on any atom is -0.494 e. The van der Waals surface area contributed by atoms with Gasteiger partial charge in [0, 0.05) is 13.1 Å². The second-order valence-electron chi connectivity index (χ2n) is 5.47. The van der Waals surface area contributed by atoms with Crippen molar-refractivity contribution in [3.63, 3.8) is 0 Å². The fourth-order valence-electron chi connectivity index (χ4n) is 2.74. The third-order valence-corrected chi connectivity index (χ3v) is 3.72. The van der Waals surface area contributed by atoms with E-state index >= 15 is 0 Å². The minimum atomic E-state index is 0. The van der Waals surface area contributed by atoms with Crippen LogP contribution in [0.2, 0.25) is 0 Å². The van der Waals surface area contributed by atoms with Crippen molar-refractivity contribution < 1.29 is 4.74 Å². The molecule has 1 saturated heterocycles. The summed E-state index contributed by atoms with van der Waals surface area (Å²) in [5, 5.41) is 3.42. The van der Waals surface area contributed by atoms with Gasteiger partial charge in [0.2, 0.25) is 0 Å². The predicted octanol–water partition coefficient (Wildman–Crippen LogP) is 2.94. The van der Waals surface area contributed by atoms with E-state index in [0.717, 1.165) is 24.8 Å². The van der Waals surface area contributed by atoms with Gasteiger partial charge in [-0.25, -0.2) is 0 Å². The molecular weight excluding hydrogens is 272 g/mol. The fraction of sp³-hybridized carbons (Fsp3) is 0.625. The maximum absolute atomic E-state index is 5.47. The van der Waals surface area contributed by atoms with E-state index in [4.69, 9.17) is 4.74 Å². The number of ether oxygens (including phenoxy) is 1. The Morgan fingerprint density at radius 1 is 1.20 bits per heavy atom. The number of benzene rings is 1. The Balaban J connectivity index is 0.00000200. The molecule has 0 amide bonds. The zero-order valence-electron chi connectivity index (χ0n) is 12.6. The lowest BCUT2D eigenvalue weighted by Crippen LogP contribution is -2.34. The highest BCUT2D eigenvalue weighted by atomic mass is 35.5. The summed E-state index contributed by atoms with van der Waals surface area (Å²) in [5.41, 5.74) is 1.36. The second kappa shape index (κ2) is 9.22. The van der Waals surface area contributed by atoms with E-state index in [0.29, 0.717) is 0 Å². The van der Waals surface area contributed by atoms with Gasteiger partial charge in [-0.1, -0.05) is 12.1 Å². The van der Waals surface area contributed by atoms with Gasteiger partial charge in [-0.05, 0) is 63.5 Å². The molecule has 0 saturated carbocycles. The first-order chi connectivity index (χ1) is 9.28. The van der Waals surface area contributed by atoms with Gasteiger partial charge in [0.15, 0.2) is 0 Å². The molecule has 0 aromatic heterocycles. The number of hydrogen-bond acceptors (Lipinski definition) is 3. The smallest absolute Gasteiger partial charge is 0.119 e. The van der Waals surface area contributed by atoms with Crippen molar-refractivity contribution >= 4 is 12.4 Å². The quantitative estimate of drug-likeness (QED) is 0.874. The summed E-state index contributed by atoms with van der Waals surface area (Å²) in [5.74, 6) is 1.82. The topological polar surface area (TPSA) is 24.5 Å². The van der Waals surface area contributed by atoms with E-state index in [1.807, 2.05) is 6.92 Å². The van der Waals surface area contributed by atoms with Crippen LogP contribution in [0.1, 0.15) is 25.3 Å². The molecule has 0 aliphatic carbocycles. The molecule has 1 aromatic rings. The Kier molecular flexibility index (Phi) is 7.97. The third kappa shape index (κ3) is 5.70. The summed E-state index contributed by atoms with van der Waals surface area (Å²) in [6.07, 6.45) is 2.63. The highest BCUT2D eigenvalue weighted by Gasteiger charge is 2.14. The van der Waals surface area contributed by atoms with E-state index in [9.17, 15) is 0 Å². The van der Waals surface area contributed by atoms with Gasteiger partial charge in [-0.15, -0.1) is 12.4 Å². The van der Waals surface area contributed by atoms with Crippen LogP contribution in [0, 0.1) is 5.92 Å². The van der Waals surface area contributed by atoms with E-state index in [1.165, 1.54) is 38.0 Å². The Labute approximate surface area is 129 Å². The van der Waals surface area contributed by atoms with Gasteiger partial charge in [0.25, 0.3) is 0 Å². The molecule has 1 aromatic carbocycles. The SMILES string of the molecule is CCOc1ccc(CN(C)CC2CCNCC2)cc1.Cl. The predicted molar refractivity (Wildman–Crippen MR) is 86.8 cm³/mol. The average Bonchev–Trinajstić information content (AvgIpc) is 2.42. The molecular formula is C16H27ClN2O. The van der Waals surface area contributed by atoms with Crippen LogP contribution in [-0.2, 0) is 6.54 Å². The molecule has 0 unspecified atom stereocenters. The third-order valence-electron chi connectivity index (χ3n) is 3.72. The molecule has 0 bridgehead atoms. The van der Waals surface area contributed by atoms with Crippen molar-refractivity contribution in [1.82, 2.24) is 10.2 Å². The Hall–Kier alpha value is -0.770. The molecule has 1 aliphatic rings. The van der Waals surface area contributed by atoms with E-state index in [-0.39, 0.29) is 12.4 Å². The maximum Gasteiger partial charge on any atom is 0.119 e. The molecule has 1 aliphatic heterocycles. The molecule has 1 N–H and O–H groups in total. The molecule has 0 radical (unpaired) electrons. The number of nitrogens with one attached hydrogen (secondary N) is 1. The molecule has 4 heteroatoms. The van der Waals surface area contributed by atoms with Crippen LogP contribution in [0.3, 0.4) is 0 Å². The summed E-state index contributed by atoms with van der Waals surface area (Å²) in [6, 6.07) is 8.47. The van der Waals surface area contributed by atoms with E-state index in [2.05, 4.69) is 41.5 Å². The van der Waals surface area contributed by atoms with Crippen molar-refractivity contribution in [1.29, 1.82) is 0 Å². The first-order valence-corrected chi connectivity index (χ1v) is 7.39. The highest BCUT2D eigenvalue weighted by molar-refractivity contribution is 5.85. The van der Waals surface area contributed by atoms with Crippen LogP contribution in [0.25, 0.3) is 0 Å². The zero-order valence-corrected chi connectivity index (χ0v) is 13.4. The van der Waals surface area contributed by atoms with Crippen molar-refractivity contribution in [3.05, 3.63) is 29.8 Å². The second-order valence-corrected chi connectivity index (χ2v) is 5.47. The van der Waals surface area contributed by atoms with Crippen LogP contribution in [0.4, 0.5) is 0 Å². The van der Waals surface area contributed by atoms with Crippen molar-refractivity contribution in [2.24, 2.45) is 5.92 Å². The Bertz CT molecular complexity index is 363. The van der Waals surface area contributed by atoms with Gasteiger partial charge in [0.05, 0.1) is 6.61 Å². The van der Waals surface area contributed by atoms with Gasteiger partial charge < -0.3 is 15.0 Å². The minimum absolute atomic E-state index is 0. The standard InChI is InChI=1S/C16H26N2O.ClH/c1-3-19-16-6-4-14(5-7-16)12-18(2)13-15-8-10-17-11-9-15;/h4-7,15,17H,3,8-13H2,1-2H3;1H. The van der Waals surface area contributed by atoms with E-state index in [1.54, 1.807) is 0 Å².